The summed E-state index contributed by atoms with van der Waals surface area (Å²) >= 11 is 0. The Hall–Kier alpha value is -1.26. The number of ether oxygens (including phenoxy) is 3. The van der Waals surface area contributed by atoms with E-state index in [9.17, 15) is 0 Å². The Labute approximate surface area is 121 Å². The van der Waals surface area contributed by atoms with Gasteiger partial charge in [-0.25, -0.2) is 0 Å². The van der Waals surface area contributed by atoms with Crippen molar-refractivity contribution in [1.29, 1.82) is 0 Å². The highest BCUT2D eigenvalue weighted by molar-refractivity contribution is 5.47. The second-order valence-electron chi connectivity index (χ2n) is 5.32. The standard InChI is InChI=1S/C16H25NO3/c1-4-19-15-7-5-6-13(10-17-12(2)3)16(15)20-14-8-9-18-11-14/h5-7,12,14,17H,4,8-11H2,1-3H3. The first-order valence-corrected chi connectivity index (χ1v) is 7.43. The predicted molar refractivity (Wildman–Crippen MR) is 79.4 cm³/mol. The summed E-state index contributed by atoms with van der Waals surface area (Å²) in [5.74, 6) is 1.68. The Balaban J connectivity index is 2.16. The van der Waals surface area contributed by atoms with Gasteiger partial charge in [-0.05, 0) is 13.0 Å². The van der Waals surface area contributed by atoms with Crippen molar-refractivity contribution >= 4 is 0 Å². The molecule has 0 radical (unpaired) electrons. The van der Waals surface area contributed by atoms with Gasteiger partial charge in [0.25, 0.3) is 0 Å². The van der Waals surface area contributed by atoms with Crippen LogP contribution in [0.15, 0.2) is 18.2 Å². The van der Waals surface area contributed by atoms with E-state index in [0.717, 1.165) is 36.6 Å². The molecule has 1 heterocycles. The van der Waals surface area contributed by atoms with Crippen molar-refractivity contribution in [2.45, 2.75) is 45.9 Å². The van der Waals surface area contributed by atoms with Gasteiger partial charge >= 0.3 is 0 Å². The lowest BCUT2D eigenvalue weighted by Gasteiger charge is -2.20. The van der Waals surface area contributed by atoms with Crippen LogP contribution in [-0.2, 0) is 11.3 Å². The van der Waals surface area contributed by atoms with Gasteiger partial charge in [-0.2, -0.15) is 0 Å². The van der Waals surface area contributed by atoms with Crippen LogP contribution in [0, 0.1) is 0 Å². The number of para-hydroxylation sites is 1. The summed E-state index contributed by atoms with van der Waals surface area (Å²) < 4.78 is 17.2. The van der Waals surface area contributed by atoms with Crippen molar-refractivity contribution < 1.29 is 14.2 Å². The molecular formula is C16H25NO3. The molecule has 4 heteroatoms. The molecule has 1 aromatic carbocycles. The lowest BCUT2D eigenvalue weighted by Crippen LogP contribution is -2.23. The van der Waals surface area contributed by atoms with Crippen molar-refractivity contribution in [3.05, 3.63) is 23.8 Å². The average Bonchev–Trinajstić information content (AvgIpc) is 2.92. The number of hydrogen-bond donors (Lipinski definition) is 1. The average molecular weight is 279 g/mol. The van der Waals surface area contributed by atoms with Gasteiger partial charge in [0.15, 0.2) is 11.5 Å². The molecule has 0 aromatic heterocycles. The molecule has 4 nitrogen and oxygen atoms in total. The summed E-state index contributed by atoms with van der Waals surface area (Å²) in [7, 11) is 0. The van der Waals surface area contributed by atoms with Gasteiger partial charge in [-0.1, -0.05) is 26.0 Å². The molecule has 0 spiro atoms. The van der Waals surface area contributed by atoms with Crippen LogP contribution in [-0.4, -0.2) is 32.0 Å². The van der Waals surface area contributed by atoms with E-state index in [-0.39, 0.29) is 6.10 Å². The fourth-order valence-corrected chi connectivity index (χ4v) is 2.19. The third-order valence-corrected chi connectivity index (χ3v) is 3.23. The highest BCUT2D eigenvalue weighted by Crippen LogP contribution is 2.33. The fraction of sp³-hybridized carbons (Fsp3) is 0.625. The fourth-order valence-electron chi connectivity index (χ4n) is 2.19. The van der Waals surface area contributed by atoms with Crippen LogP contribution in [0.25, 0.3) is 0 Å². The molecule has 1 fully saturated rings. The normalized spacial score (nSPS) is 18.5. The van der Waals surface area contributed by atoms with Crippen LogP contribution in [0.3, 0.4) is 0 Å². The number of benzene rings is 1. The molecule has 0 saturated carbocycles. The van der Waals surface area contributed by atoms with Gasteiger partial charge < -0.3 is 19.5 Å². The number of nitrogens with one attached hydrogen (secondary N) is 1. The first kappa shape index (κ1) is 15.1. The van der Waals surface area contributed by atoms with Crippen molar-refractivity contribution in [1.82, 2.24) is 5.32 Å². The largest absolute Gasteiger partial charge is 0.490 e. The highest BCUT2D eigenvalue weighted by Gasteiger charge is 2.21. The smallest absolute Gasteiger partial charge is 0.166 e. The maximum absolute atomic E-state index is 6.13. The Bertz CT molecular complexity index is 414. The minimum absolute atomic E-state index is 0.134. The summed E-state index contributed by atoms with van der Waals surface area (Å²) in [5.41, 5.74) is 1.14. The highest BCUT2D eigenvalue weighted by atomic mass is 16.6. The predicted octanol–water partition coefficient (Wildman–Crippen LogP) is 2.75. The zero-order valence-electron chi connectivity index (χ0n) is 12.6. The van der Waals surface area contributed by atoms with E-state index in [1.54, 1.807) is 0 Å². The van der Waals surface area contributed by atoms with E-state index in [2.05, 4.69) is 25.2 Å². The van der Waals surface area contributed by atoms with E-state index in [0.29, 0.717) is 19.3 Å². The molecule has 0 aliphatic carbocycles. The molecule has 1 aromatic rings. The van der Waals surface area contributed by atoms with Crippen molar-refractivity contribution in [3.8, 4) is 11.5 Å². The Kier molecular flexibility index (Phi) is 5.68. The number of hydrogen-bond acceptors (Lipinski definition) is 4. The van der Waals surface area contributed by atoms with Crippen molar-refractivity contribution in [2.24, 2.45) is 0 Å². The van der Waals surface area contributed by atoms with Gasteiger partial charge in [-0.3, -0.25) is 0 Å². The van der Waals surface area contributed by atoms with E-state index in [1.807, 2.05) is 19.1 Å². The molecule has 1 aliphatic heterocycles. The first-order chi connectivity index (χ1) is 9.70. The summed E-state index contributed by atoms with van der Waals surface area (Å²) in [4.78, 5) is 0. The van der Waals surface area contributed by atoms with Crippen LogP contribution in [0.1, 0.15) is 32.8 Å². The second-order valence-corrected chi connectivity index (χ2v) is 5.32. The third kappa shape index (κ3) is 4.12. The molecule has 0 bridgehead atoms. The zero-order chi connectivity index (χ0) is 14.4. The zero-order valence-corrected chi connectivity index (χ0v) is 12.6. The molecule has 20 heavy (non-hydrogen) atoms. The first-order valence-electron chi connectivity index (χ1n) is 7.43. The van der Waals surface area contributed by atoms with Gasteiger partial charge in [0.1, 0.15) is 6.10 Å². The molecule has 0 amide bonds. The van der Waals surface area contributed by atoms with E-state index >= 15 is 0 Å². The molecular weight excluding hydrogens is 254 g/mol. The van der Waals surface area contributed by atoms with Crippen molar-refractivity contribution in [2.75, 3.05) is 19.8 Å². The Morgan fingerprint density at radius 3 is 2.90 bits per heavy atom. The van der Waals surface area contributed by atoms with E-state index in [1.165, 1.54) is 0 Å². The maximum Gasteiger partial charge on any atom is 0.166 e. The molecule has 2 rings (SSSR count). The van der Waals surface area contributed by atoms with Crippen molar-refractivity contribution in [3.63, 3.8) is 0 Å². The van der Waals surface area contributed by atoms with E-state index in [4.69, 9.17) is 14.2 Å². The summed E-state index contributed by atoms with van der Waals surface area (Å²) in [5, 5.41) is 3.43. The summed E-state index contributed by atoms with van der Waals surface area (Å²) in [6, 6.07) is 6.50. The maximum atomic E-state index is 6.13. The van der Waals surface area contributed by atoms with Crippen LogP contribution in [0.5, 0.6) is 11.5 Å². The van der Waals surface area contributed by atoms with E-state index < -0.39 is 0 Å². The van der Waals surface area contributed by atoms with Gasteiger partial charge in [0.05, 0.1) is 19.8 Å². The van der Waals surface area contributed by atoms with Crippen LogP contribution < -0.4 is 14.8 Å². The Morgan fingerprint density at radius 2 is 2.25 bits per heavy atom. The molecule has 1 unspecified atom stereocenters. The lowest BCUT2D eigenvalue weighted by molar-refractivity contribution is 0.137. The lowest BCUT2D eigenvalue weighted by atomic mass is 10.1. The molecule has 112 valence electrons. The minimum Gasteiger partial charge on any atom is -0.490 e. The quantitative estimate of drug-likeness (QED) is 0.833. The molecule has 1 atom stereocenters. The van der Waals surface area contributed by atoms with Crippen LogP contribution in [0.4, 0.5) is 0 Å². The minimum atomic E-state index is 0.134. The van der Waals surface area contributed by atoms with Gasteiger partial charge in [0, 0.05) is 24.6 Å². The molecule has 1 saturated heterocycles. The van der Waals surface area contributed by atoms with Gasteiger partial charge in [-0.15, -0.1) is 0 Å². The van der Waals surface area contributed by atoms with Crippen LogP contribution in [0.2, 0.25) is 0 Å². The monoisotopic (exact) mass is 279 g/mol. The molecule has 1 aliphatic rings. The topological polar surface area (TPSA) is 39.7 Å². The SMILES string of the molecule is CCOc1cccc(CNC(C)C)c1OC1CCOC1. The summed E-state index contributed by atoms with van der Waals surface area (Å²) in [6.07, 6.45) is 1.08. The van der Waals surface area contributed by atoms with Gasteiger partial charge in [0.2, 0.25) is 0 Å². The third-order valence-electron chi connectivity index (χ3n) is 3.23. The second kappa shape index (κ2) is 7.50. The Morgan fingerprint density at radius 1 is 1.40 bits per heavy atom. The number of rotatable bonds is 7. The molecule has 1 N–H and O–H groups in total. The van der Waals surface area contributed by atoms with Crippen LogP contribution >= 0.6 is 0 Å². The summed E-state index contributed by atoms with van der Waals surface area (Å²) in [6.45, 7) is 9.12.